The number of ether oxygens (including phenoxy) is 1. The standard InChI is InChI=1S/C21H21N5O3/c1-13-11-16-15(18(27)28)9-6-10-17(16)26(13)20-23-19(24-21(25-20)29-2)22-12-14-7-4-3-5-8-14/h3-10,13H,11-12H2,1-2H3,(H,27,28)(H,22,23,24,25). The van der Waals surface area contributed by atoms with Crippen LogP contribution in [-0.2, 0) is 13.0 Å². The van der Waals surface area contributed by atoms with Gasteiger partial charge < -0.3 is 20.1 Å². The average molecular weight is 391 g/mol. The number of fused-ring (bicyclic) bond motifs is 1. The Morgan fingerprint density at radius 2 is 1.97 bits per heavy atom. The molecule has 0 bridgehead atoms. The summed E-state index contributed by atoms with van der Waals surface area (Å²) in [5.41, 5.74) is 2.98. The smallest absolute Gasteiger partial charge is 0.336 e. The van der Waals surface area contributed by atoms with Crippen molar-refractivity contribution >= 4 is 23.6 Å². The molecular weight excluding hydrogens is 370 g/mol. The molecule has 0 radical (unpaired) electrons. The van der Waals surface area contributed by atoms with Crippen LogP contribution in [0.5, 0.6) is 6.01 Å². The third kappa shape index (κ3) is 3.69. The third-order valence-corrected chi connectivity index (χ3v) is 4.88. The van der Waals surface area contributed by atoms with Gasteiger partial charge in [0, 0.05) is 18.3 Å². The molecule has 0 fully saturated rings. The summed E-state index contributed by atoms with van der Waals surface area (Å²) in [7, 11) is 1.50. The van der Waals surface area contributed by atoms with Gasteiger partial charge in [0.05, 0.1) is 12.7 Å². The lowest BCUT2D eigenvalue weighted by Crippen LogP contribution is -2.26. The van der Waals surface area contributed by atoms with E-state index < -0.39 is 5.97 Å². The van der Waals surface area contributed by atoms with E-state index in [0.29, 0.717) is 30.4 Å². The monoisotopic (exact) mass is 391 g/mol. The van der Waals surface area contributed by atoms with Crippen LogP contribution in [0.15, 0.2) is 48.5 Å². The summed E-state index contributed by atoms with van der Waals surface area (Å²) in [6.45, 7) is 2.57. The first-order chi connectivity index (χ1) is 14.1. The highest BCUT2D eigenvalue weighted by molar-refractivity contribution is 5.92. The van der Waals surface area contributed by atoms with Crippen molar-refractivity contribution in [3.05, 3.63) is 65.2 Å². The van der Waals surface area contributed by atoms with Crippen molar-refractivity contribution in [3.63, 3.8) is 0 Å². The van der Waals surface area contributed by atoms with Crippen LogP contribution in [-0.4, -0.2) is 39.2 Å². The number of nitrogens with zero attached hydrogens (tertiary/aromatic N) is 4. The van der Waals surface area contributed by atoms with Crippen LogP contribution < -0.4 is 15.0 Å². The first kappa shape index (κ1) is 18.7. The fourth-order valence-corrected chi connectivity index (χ4v) is 3.55. The van der Waals surface area contributed by atoms with Gasteiger partial charge in [-0.25, -0.2) is 4.79 Å². The van der Waals surface area contributed by atoms with Crippen LogP contribution in [0.3, 0.4) is 0 Å². The molecule has 3 aromatic rings. The summed E-state index contributed by atoms with van der Waals surface area (Å²) in [5.74, 6) is -0.124. The second-order valence-electron chi connectivity index (χ2n) is 6.82. The quantitative estimate of drug-likeness (QED) is 0.660. The number of aromatic nitrogens is 3. The van der Waals surface area contributed by atoms with Gasteiger partial charge in [0.1, 0.15) is 0 Å². The van der Waals surface area contributed by atoms with E-state index in [4.69, 9.17) is 4.74 Å². The molecule has 0 saturated heterocycles. The molecule has 0 aliphatic carbocycles. The predicted molar refractivity (Wildman–Crippen MR) is 109 cm³/mol. The lowest BCUT2D eigenvalue weighted by atomic mass is 10.0. The Bertz CT molecular complexity index is 1040. The number of carboxylic acids is 1. The minimum atomic E-state index is -0.936. The molecule has 2 aromatic carbocycles. The van der Waals surface area contributed by atoms with Gasteiger partial charge in [0.15, 0.2) is 0 Å². The molecule has 2 N–H and O–H groups in total. The predicted octanol–water partition coefficient (Wildman–Crippen LogP) is 3.27. The SMILES string of the molecule is COc1nc(NCc2ccccc2)nc(N2c3cccc(C(=O)O)c3CC2C)n1. The number of nitrogens with one attached hydrogen (secondary N) is 1. The van der Waals surface area contributed by atoms with E-state index in [0.717, 1.165) is 16.8 Å². The maximum absolute atomic E-state index is 11.6. The Kier molecular flexibility index (Phi) is 4.99. The minimum absolute atomic E-state index is 0.000389. The van der Waals surface area contributed by atoms with Gasteiger partial charge >= 0.3 is 12.0 Å². The highest BCUT2D eigenvalue weighted by atomic mass is 16.5. The second-order valence-corrected chi connectivity index (χ2v) is 6.82. The maximum atomic E-state index is 11.6. The summed E-state index contributed by atoms with van der Waals surface area (Å²) in [5, 5.41) is 12.7. The molecule has 0 spiro atoms. The summed E-state index contributed by atoms with van der Waals surface area (Å²) in [6, 6.07) is 15.4. The van der Waals surface area contributed by atoms with Crippen molar-refractivity contribution in [3.8, 4) is 6.01 Å². The van der Waals surface area contributed by atoms with Crippen molar-refractivity contribution in [2.24, 2.45) is 0 Å². The number of methoxy groups -OCH3 is 1. The zero-order valence-electron chi connectivity index (χ0n) is 16.2. The largest absolute Gasteiger partial charge is 0.478 e. The summed E-state index contributed by atoms with van der Waals surface area (Å²) in [6.07, 6.45) is 0.596. The van der Waals surface area contributed by atoms with Crippen molar-refractivity contribution in [1.29, 1.82) is 0 Å². The molecule has 8 nitrogen and oxygen atoms in total. The van der Waals surface area contributed by atoms with Gasteiger partial charge in [0.2, 0.25) is 11.9 Å². The van der Waals surface area contributed by atoms with Crippen LogP contribution >= 0.6 is 0 Å². The zero-order chi connectivity index (χ0) is 20.4. The minimum Gasteiger partial charge on any atom is -0.478 e. The van der Waals surface area contributed by atoms with E-state index >= 15 is 0 Å². The summed E-state index contributed by atoms with van der Waals surface area (Å²) in [4.78, 5) is 26.8. The van der Waals surface area contributed by atoms with Crippen molar-refractivity contribution in [1.82, 2.24) is 15.0 Å². The van der Waals surface area contributed by atoms with E-state index in [9.17, 15) is 9.90 Å². The number of rotatable bonds is 6. The van der Waals surface area contributed by atoms with Gasteiger partial charge in [-0.15, -0.1) is 0 Å². The molecule has 1 aromatic heterocycles. The van der Waals surface area contributed by atoms with Crippen LogP contribution in [0.2, 0.25) is 0 Å². The van der Waals surface area contributed by atoms with Gasteiger partial charge in [0.25, 0.3) is 0 Å². The van der Waals surface area contributed by atoms with E-state index in [1.807, 2.05) is 48.2 Å². The fourth-order valence-electron chi connectivity index (χ4n) is 3.55. The zero-order valence-corrected chi connectivity index (χ0v) is 16.2. The highest BCUT2D eigenvalue weighted by Gasteiger charge is 2.32. The molecule has 8 heteroatoms. The van der Waals surface area contributed by atoms with Crippen LogP contribution in [0.25, 0.3) is 0 Å². The second kappa shape index (κ2) is 7.75. The number of carboxylic acid groups (broad SMARTS) is 1. The molecule has 0 amide bonds. The molecule has 4 rings (SSSR count). The Morgan fingerprint density at radius 3 is 2.69 bits per heavy atom. The Labute approximate surface area is 168 Å². The molecule has 2 heterocycles. The number of hydrogen-bond acceptors (Lipinski definition) is 7. The number of anilines is 3. The lowest BCUT2D eigenvalue weighted by molar-refractivity contribution is 0.0696. The number of aromatic carboxylic acids is 1. The van der Waals surface area contributed by atoms with Crippen LogP contribution in [0.1, 0.15) is 28.4 Å². The van der Waals surface area contributed by atoms with Gasteiger partial charge in [-0.1, -0.05) is 36.4 Å². The van der Waals surface area contributed by atoms with Gasteiger partial charge in [-0.3, -0.25) is 0 Å². The molecule has 1 aliphatic rings. The summed E-state index contributed by atoms with van der Waals surface area (Å²) >= 11 is 0. The van der Waals surface area contributed by atoms with Crippen LogP contribution in [0.4, 0.5) is 17.6 Å². The van der Waals surface area contributed by atoms with Gasteiger partial charge in [-0.2, -0.15) is 15.0 Å². The van der Waals surface area contributed by atoms with E-state index in [1.54, 1.807) is 12.1 Å². The fraction of sp³-hybridized carbons (Fsp3) is 0.238. The number of hydrogen-bond donors (Lipinski definition) is 2. The van der Waals surface area contributed by atoms with E-state index in [1.165, 1.54) is 7.11 Å². The van der Waals surface area contributed by atoms with Crippen LogP contribution in [0, 0.1) is 0 Å². The highest BCUT2D eigenvalue weighted by Crippen LogP contribution is 2.39. The van der Waals surface area contributed by atoms with Crippen molar-refractivity contribution in [2.45, 2.75) is 25.9 Å². The molecule has 1 aliphatic heterocycles. The topological polar surface area (TPSA) is 100 Å². The van der Waals surface area contributed by atoms with Crippen molar-refractivity contribution < 1.29 is 14.6 Å². The lowest BCUT2D eigenvalue weighted by Gasteiger charge is -2.23. The molecule has 1 atom stereocenters. The Balaban J connectivity index is 1.68. The Morgan fingerprint density at radius 1 is 1.17 bits per heavy atom. The molecule has 148 valence electrons. The van der Waals surface area contributed by atoms with E-state index in [2.05, 4.69) is 20.3 Å². The first-order valence-corrected chi connectivity index (χ1v) is 9.29. The van der Waals surface area contributed by atoms with E-state index in [-0.39, 0.29) is 12.1 Å². The molecule has 1 unspecified atom stereocenters. The number of carbonyl (C=O) groups is 1. The molecule has 0 saturated carbocycles. The van der Waals surface area contributed by atoms with Gasteiger partial charge in [-0.05, 0) is 36.6 Å². The molecule has 29 heavy (non-hydrogen) atoms. The molecular formula is C21H21N5O3. The Hall–Kier alpha value is -3.68. The first-order valence-electron chi connectivity index (χ1n) is 9.29. The average Bonchev–Trinajstić information content (AvgIpc) is 3.08. The number of benzene rings is 2. The summed E-state index contributed by atoms with van der Waals surface area (Å²) < 4.78 is 5.27. The maximum Gasteiger partial charge on any atom is 0.336 e. The van der Waals surface area contributed by atoms with Crippen molar-refractivity contribution in [2.75, 3.05) is 17.3 Å². The third-order valence-electron chi connectivity index (χ3n) is 4.88. The normalized spacial score (nSPS) is 15.1.